The Balaban J connectivity index is 2.47. The molecule has 0 aliphatic heterocycles. The van der Waals surface area contributed by atoms with Gasteiger partial charge in [0.15, 0.2) is 0 Å². The molecule has 1 aromatic heterocycles. The second kappa shape index (κ2) is 6.11. The first-order valence-corrected chi connectivity index (χ1v) is 6.09. The summed E-state index contributed by atoms with van der Waals surface area (Å²) in [4.78, 5) is 4.14. The van der Waals surface area contributed by atoms with Gasteiger partial charge in [0.25, 0.3) is 0 Å². The summed E-state index contributed by atoms with van der Waals surface area (Å²) in [7, 11) is 1.46. The fraction of sp³-hybridized carbons (Fsp3) is 0.214. The molecule has 0 spiro atoms. The van der Waals surface area contributed by atoms with Crippen LogP contribution in [-0.4, -0.2) is 12.1 Å². The standard InChI is InChI=1S/C14H14F3N3O/c1-21-11-6-3-7-19-13(11)12(20-18)9-4-2-5-10(8-9)14(15,16)17/h2-8,12,20H,18H2,1H3. The smallest absolute Gasteiger partial charge is 0.416 e. The molecule has 0 bridgehead atoms. The number of nitrogens with one attached hydrogen (secondary N) is 1. The van der Waals surface area contributed by atoms with Crippen molar-refractivity contribution in [1.29, 1.82) is 0 Å². The van der Waals surface area contributed by atoms with Gasteiger partial charge in [0.05, 0.1) is 18.7 Å². The van der Waals surface area contributed by atoms with E-state index in [2.05, 4.69) is 10.4 Å². The number of hydrogen-bond donors (Lipinski definition) is 2. The van der Waals surface area contributed by atoms with Crippen LogP contribution in [0, 0.1) is 0 Å². The van der Waals surface area contributed by atoms with E-state index < -0.39 is 17.8 Å². The van der Waals surface area contributed by atoms with Crippen molar-refractivity contribution >= 4 is 0 Å². The van der Waals surface area contributed by atoms with Gasteiger partial charge < -0.3 is 4.74 Å². The highest BCUT2D eigenvalue weighted by molar-refractivity contribution is 5.38. The minimum atomic E-state index is -4.41. The predicted molar refractivity (Wildman–Crippen MR) is 71.4 cm³/mol. The fourth-order valence-electron chi connectivity index (χ4n) is 2.02. The van der Waals surface area contributed by atoms with Crippen molar-refractivity contribution in [3.8, 4) is 5.75 Å². The topological polar surface area (TPSA) is 60.2 Å². The maximum absolute atomic E-state index is 12.8. The van der Waals surface area contributed by atoms with Gasteiger partial charge in [-0.2, -0.15) is 13.2 Å². The van der Waals surface area contributed by atoms with E-state index in [1.165, 1.54) is 19.4 Å². The Labute approximate surface area is 119 Å². The highest BCUT2D eigenvalue weighted by Gasteiger charge is 2.31. The van der Waals surface area contributed by atoms with E-state index in [-0.39, 0.29) is 0 Å². The zero-order valence-corrected chi connectivity index (χ0v) is 11.2. The van der Waals surface area contributed by atoms with Gasteiger partial charge in [0.2, 0.25) is 0 Å². The molecule has 0 amide bonds. The normalized spacial score (nSPS) is 13.0. The molecule has 21 heavy (non-hydrogen) atoms. The van der Waals surface area contributed by atoms with E-state index >= 15 is 0 Å². The molecule has 1 heterocycles. The lowest BCUT2D eigenvalue weighted by molar-refractivity contribution is -0.137. The molecule has 112 valence electrons. The van der Waals surface area contributed by atoms with Crippen LogP contribution in [0.5, 0.6) is 5.75 Å². The molecule has 2 rings (SSSR count). The molecule has 0 aliphatic carbocycles. The van der Waals surface area contributed by atoms with Crippen LogP contribution in [0.1, 0.15) is 22.9 Å². The SMILES string of the molecule is COc1cccnc1C(NN)c1cccc(C(F)(F)F)c1. The molecule has 4 nitrogen and oxygen atoms in total. The van der Waals surface area contributed by atoms with Gasteiger partial charge in [0.1, 0.15) is 11.4 Å². The number of methoxy groups -OCH3 is 1. The number of pyridine rings is 1. The molecule has 2 aromatic rings. The zero-order valence-electron chi connectivity index (χ0n) is 11.2. The third-order valence-corrected chi connectivity index (χ3v) is 3.01. The van der Waals surface area contributed by atoms with Gasteiger partial charge in [-0.25, -0.2) is 5.43 Å². The van der Waals surface area contributed by atoms with Crippen molar-refractivity contribution in [2.45, 2.75) is 12.2 Å². The molecular formula is C14H14F3N3O. The van der Waals surface area contributed by atoms with Gasteiger partial charge in [-0.15, -0.1) is 0 Å². The molecule has 0 aliphatic rings. The number of rotatable bonds is 4. The average molecular weight is 297 g/mol. The molecule has 0 saturated heterocycles. The van der Waals surface area contributed by atoms with E-state index in [9.17, 15) is 13.2 Å². The van der Waals surface area contributed by atoms with Crippen molar-refractivity contribution in [2.24, 2.45) is 5.84 Å². The van der Waals surface area contributed by atoms with Gasteiger partial charge in [-0.1, -0.05) is 12.1 Å². The number of hydrazine groups is 1. The summed E-state index contributed by atoms with van der Waals surface area (Å²) in [6, 6.07) is 7.56. The monoisotopic (exact) mass is 297 g/mol. The first-order valence-electron chi connectivity index (χ1n) is 6.09. The quantitative estimate of drug-likeness (QED) is 0.673. The number of nitrogens with two attached hydrogens (primary N) is 1. The summed E-state index contributed by atoms with van der Waals surface area (Å²) < 4.78 is 43.5. The lowest BCUT2D eigenvalue weighted by atomic mass is 10.0. The molecule has 1 unspecified atom stereocenters. The number of halogens is 3. The van der Waals surface area contributed by atoms with Crippen LogP contribution in [0.15, 0.2) is 42.6 Å². The predicted octanol–water partition coefficient (Wildman–Crippen LogP) is 2.66. The molecular weight excluding hydrogens is 283 g/mol. The van der Waals surface area contributed by atoms with Crippen LogP contribution < -0.4 is 16.0 Å². The third-order valence-electron chi connectivity index (χ3n) is 3.01. The number of hydrogen-bond acceptors (Lipinski definition) is 4. The van der Waals surface area contributed by atoms with E-state index in [0.29, 0.717) is 17.0 Å². The number of aromatic nitrogens is 1. The Morgan fingerprint density at radius 3 is 2.62 bits per heavy atom. The average Bonchev–Trinajstić information content (AvgIpc) is 2.48. The Hall–Kier alpha value is -2.12. The summed E-state index contributed by atoms with van der Waals surface area (Å²) in [6.07, 6.45) is -2.89. The summed E-state index contributed by atoms with van der Waals surface area (Å²) in [5, 5.41) is 0. The van der Waals surface area contributed by atoms with Crippen LogP contribution in [-0.2, 0) is 6.18 Å². The van der Waals surface area contributed by atoms with E-state index in [1.807, 2.05) is 0 Å². The lowest BCUT2D eigenvalue weighted by Crippen LogP contribution is -2.30. The number of alkyl halides is 3. The van der Waals surface area contributed by atoms with Gasteiger partial charge in [-0.3, -0.25) is 10.8 Å². The Morgan fingerprint density at radius 2 is 2.00 bits per heavy atom. The molecule has 0 saturated carbocycles. The molecule has 1 aromatic carbocycles. The zero-order chi connectivity index (χ0) is 15.5. The summed E-state index contributed by atoms with van der Waals surface area (Å²) in [5.41, 5.74) is 2.51. The van der Waals surface area contributed by atoms with Gasteiger partial charge >= 0.3 is 6.18 Å². The van der Waals surface area contributed by atoms with Crippen molar-refractivity contribution < 1.29 is 17.9 Å². The van der Waals surface area contributed by atoms with Crippen molar-refractivity contribution in [2.75, 3.05) is 7.11 Å². The third kappa shape index (κ3) is 3.32. The lowest BCUT2D eigenvalue weighted by Gasteiger charge is -2.19. The van der Waals surface area contributed by atoms with Crippen LogP contribution >= 0.6 is 0 Å². The van der Waals surface area contributed by atoms with E-state index in [1.54, 1.807) is 18.2 Å². The molecule has 3 N–H and O–H groups in total. The molecule has 0 fully saturated rings. The van der Waals surface area contributed by atoms with Crippen LogP contribution in [0.4, 0.5) is 13.2 Å². The summed E-state index contributed by atoms with van der Waals surface area (Å²) in [5.74, 6) is 5.94. The number of nitrogens with zero attached hydrogens (tertiary/aromatic N) is 1. The maximum atomic E-state index is 12.8. The summed E-state index contributed by atoms with van der Waals surface area (Å²) >= 11 is 0. The number of ether oxygens (including phenoxy) is 1. The highest BCUT2D eigenvalue weighted by atomic mass is 19.4. The molecule has 0 radical (unpaired) electrons. The summed E-state index contributed by atoms with van der Waals surface area (Å²) in [6.45, 7) is 0. The maximum Gasteiger partial charge on any atom is 0.416 e. The Kier molecular flexibility index (Phi) is 4.44. The second-order valence-corrected chi connectivity index (χ2v) is 4.31. The minimum absolute atomic E-state index is 0.351. The Bertz CT molecular complexity index is 616. The minimum Gasteiger partial charge on any atom is -0.495 e. The van der Waals surface area contributed by atoms with Gasteiger partial charge in [0, 0.05) is 6.20 Å². The first kappa shape index (κ1) is 15.3. The van der Waals surface area contributed by atoms with Crippen molar-refractivity contribution in [3.05, 3.63) is 59.4 Å². The van der Waals surface area contributed by atoms with Crippen molar-refractivity contribution in [3.63, 3.8) is 0 Å². The van der Waals surface area contributed by atoms with Crippen LogP contribution in [0.25, 0.3) is 0 Å². The highest BCUT2D eigenvalue weighted by Crippen LogP contribution is 2.33. The first-order chi connectivity index (χ1) is 9.97. The van der Waals surface area contributed by atoms with Crippen LogP contribution in [0.3, 0.4) is 0 Å². The molecule has 7 heteroatoms. The molecule has 1 atom stereocenters. The number of benzene rings is 1. The van der Waals surface area contributed by atoms with Crippen molar-refractivity contribution in [1.82, 2.24) is 10.4 Å². The fourth-order valence-corrected chi connectivity index (χ4v) is 2.02. The van der Waals surface area contributed by atoms with Gasteiger partial charge in [-0.05, 0) is 29.8 Å². The Morgan fingerprint density at radius 1 is 1.24 bits per heavy atom. The largest absolute Gasteiger partial charge is 0.495 e. The second-order valence-electron chi connectivity index (χ2n) is 4.31. The van der Waals surface area contributed by atoms with E-state index in [4.69, 9.17) is 10.6 Å². The van der Waals surface area contributed by atoms with Crippen LogP contribution in [0.2, 0.25) is 0 Å². The van der Waals surface area contributed by atoms with E-state index in [0.717, 1.165) is 12.1 Å².